The molecule has 0 aromatic heterocycles. The monoisotopic (exact) mass is 238 g/mol. The SMILES string of the molecule is COc1cc(CC(C)(CN)N(C)C)ccc1O. The molecule has 0 bridgehead atoms. The van der Waals surface area contributed by atoms with E-state index in [0.717, 1.165) is 12.0 Å². The molecule has 1 rings (SSSR count). The van der Waals surface area contributed by atoms with Gasteiger partial charge >= 0.3 is 0 Å². The summed E-state index contributed by atoms with van der Waals surface area (Å²) >= 11 is 0. The van der Waals surface area contributed by atoms with Crippen molar-refractivity contribution in [2.24, 2.45) is 5.73 Å². The van der Waals surface area contributed by atoms with Crippen molar-refractivity contribution in [1.29, 1.82) is 0 Å². The van der Waals surface area contributed by atoms with Crippen molar-refractivity contribution in [3.63, 3.8) is 0 Å². The lowest BCUT2D eigenvalue weighted by atomic mass is 9.91. The highest BCUT2D eigenvalue weighted by Gasteiger charge is 2.25. The smallest absolute Gasteiger partial charge is 0.160 e. The van der Waals surface area contributed by atoms with E-state index in [-0.39, 0.29) is 11.3 Å². The molecule has 4 heteroatoms. The second-order valence-electron chi connectivity index (χ2n) is 4.78. The van der Waals surface area contributed by atoms with E-state index in [1.165, 1.54) is 0 Å². The number of rotatable bonds is 5. The van der Waals surface area contributed by atoms with Crippen molar-refractivity contribution in [1.82, 2.24) is 4.90 Å². The summed E-state index contributed by atoms with van der Waals surface area (Å²) < 4.78 is 5.10. The molecule has 0 radical (unpaired) electrons. The molecule has 4 nitrogen and oxygen atoms in total. The minimum atomic E-state index is -0.0953. The number of phenols is 1. The second kappa shape index (κ2) is 5.38. The van der Waals surface area contributed by atoms with Crippen LogP contribution in [0, 0.1) is 0 Å². The summed E-state index contributed by atoms with van der Waals surface area (Å²) in [6, 6.07) is 5.41. The van der Waals surface area contributed by atoms with Gasteiger partial charge in [0.15, 0.2) is 11.5 Å². The summed E-state index contributed by atoms with van der Waals surface area (Å²) in [4.78, 5) is 2.12. The van der Waals surface area contributed by atoms with Crippen LogP contribution in [0.15, 0.2) is 18.2 Å². The fourth-order valence-corrected chi connectivity index (χ4v) is 1.68. The molecule has 0 aliphatic heterocycles. The number of hydrogen-bond acceptors (Lipinski definition) is 4. The fraction of sp³-hybridized carbons (Fsp3) is 0.538. The third-order valence-corrected chi connectivity index (χ3v) is 3.35. The Kier molecular flexibility index (Phi) is 4.37. The van der Waals surface area contributed by atoms with E-state index >= 15 is 0 Å². The van der Waals surface area contributed by atoms with Crippen molar-refractivity contribution >= 4 is 0 Å². The number of likely N-dealkylation sites (N-methyl/N-ethyl adjacent to an activating group) is 1. The number of nitrogens with zero attached hydrogens (tertiary/aromatic N) is 1. The molecule has 0 fully saturated rings. The first-order chi connectivity index (χ1) is 7.92. The van der Waals surface area contributed by atoms with Crippen LogP contribution in [0.3, 0.4) is 0 Å². The van der Waals surface area contributed by atoms with Gasteiger partial charge in [-0.2, -0.15) is 0 Å². The highest BCUT2D eigenvalue weighted by Crippen LogP contribution is 2.28. The number of ether oxygens (including phenoxy) is 1. The van der Waals surface area contributed by atoms with Gasteiger partial charge in [-0.15, -0.1) is 0 Å². The standard InChI is InChI=1S/C13H22N2O2/c1-13(9-14,15(2)3)8-10-5-6-11(16)12(7-10)17-4/h5-7,16H,8-9,14H2,1-4H3. The lowest BCUT2D eigenvalue weighted by Crippen LogP contribution is -2.49. The zero-order valence-corrected chi connectivity index (χ0v) is 11.0. The number of phenolic OH excluding ortho intramolecular Hbond substituents is 1. The molecule has 0 spiro atoms. The van der Waals surface area contributed by atoms with Crippen LogP contribution in [0.25, 0.3) is 0 Å². The number of aromatic hydroxyl groups is 1. The van der Waals surface area contributed by atoms with Gasteiger partial charge in [-0.05, 0) is 45.1 Å². The average Bonchev–Trinajstić information content (AvgIpc) is 2.31. The van der Waals surface area contributed by atoms with E-state index in [4.69, 9.17) is 10.5 Å². The summed E-state index contributed by atoms with van der Waals surface area (Å²) in [6.45, 7) is 2.69. The van der Waals surface area contributed by atoms with Crippen LogP contribution in [0.1, 0.15) is 12.5 Å². The van der Waals surface area contributed by atoms with Crippen LogP contribution in [-0.2, 0) is 6.42 Å². The molecule has 3 N–H and O–H groups in total. The molecule has 1 aromatic carbocycles. The van der Waals surface area contributed by atoms with E-state index in [1.54, 1.807) is 13.2 Å². The predicted molar refractivity (Wildman–Crippen MR) is 69.5 cm³/mol. The summed E-state index contributed by atoms with van der Waals surface area (Å²) in [5.41, 5.74) is 6.84. The largest absolute Gasteiger partial charge is 0.504 e. The van der Waals surface area contributed by atoms with Crippen LogP contribution in [0.5, 0.6) is 11.5 Å². The minimum Gasteiger partial charge on any atom is -0.504 e. The van der Waals surface area contributed by atoms with Crippen LogP contribution in [0.4, 0.5) is 0 Å². The number of benzene rings is 1. The maximum atomic E-state index is 9.54. The quantitative estimate of drug-likeness (QED) is 0.810. The van der Waals surface area contributed by atoms with Crippen LogP contribution >= 0.6 is 0 Å². The Bertz CT molecular complexity index is 380. The van der Waals surface area contributed by atoms with E-state index in [9.17, 15) is 5.11 Å². The highest BCUT2D eigenvalue weighted by molar-refractivity contribution is 5.42. The number of nitrogens with two attached hydrogens (primary N) is 1. The molecule has 0 saturated heterocycles. The van der Waals surface area contributed by atoms with Crippen molar-refractivity contribution in [2.45, 2.75) is 18.9 Å². The van der Waals surface area contributed by atoms with Crippen LogP contribution in [0.2, 0.25) is 0 Å². The van der Waals surface area contributed by atoms with Crippen molar-refractivity contribution in [3.05, 3.63) is 23.8 Å². The molecule has 0 aliphatic carbocycles. The molecule has 0 heterocycles. The molecule has 1 aromatic rings. The molecular formula is C13H22N2O2. The normalized spacial score (nSPS) is 14.7. The molecule has 96 valence electrons. The molecule has 1 atom stereocenters. The molecule has 0 amide bonds. The van der Waals surface area contributed by atoms with Gasteiger partial charge in [-0.25, -0.2) is 0 Å². The lowest BCUT2D eigenvalue weighted by Gasteiger charge is -2.35. The summed E-state index contributed by atoms with van der Waals surface area (Å²) in [5.74, 6) is 0.663. The molecule has 0 aliphatic rings. The Morgan fingerprint density at radius 2 is 2.06 bits per heavy atom. The first-order valence-electron chi connectivity index (χ1n) is 5.66. The molecule has 1 unspecified atom stereocenters. The Morgan fingerprint density at radius 3 is 2.53 bits per heavy atom. The van der Waals surface area contributed by atoms with Crippen LogP contribution < -0.4 is 10.5 Å². The van der Waals surface area contributed by atoms with Crippen LogP contribution in [-0.4, -0.2) is 43.3 Å². The van der Waals surface area contributed by atoms with Crippen molar-refractivity contribution in [3.8, 4) is 11.5 Å². The van der Waals surface area contributed by atoms with E-state index in [1.807, 2.05) is 26.2 Å². The van der Waals surface area contributed by atoms with Gasteiger partial charge in [-0.1, -0.05) is 6.07 Å². The summed E-state index contributed by atoms with van der Waals surface area (Å²) in [5, 5.41) is 9.54. The third kappa shape index (κ3) is 3.11. The Balaban J connectivity index is 2.94. The maximum Gasteiger partial charge on any atom is 0.160 e. The van der Waals surface area contributed by atoms with E-state index in [2.05, 4.69) is 11.8 Å². The Hall–Kier alpha value is -1.26. The van der Waals surface area contributed by atoms with Gasteiger partial charge in [0.2, 0.25) is 0 Å². The molecule has 17 heavy (non-hydrogen) atoms. The van der Waals surface area contributed by atoms with E-state index in [0.29, 0.717) is 12.3 Å². The average molecular weight is 238 g/mol. The third-order valence-electron chi connectivity index (χ3n) is 3.35. The Morgan fingerprint density at radius 1 is 1.41 bits per heavy atom. The van der Waals surface area contributed by atoms with Gasteiger partial charge in [0.1, 0.15) is 0 Å². The zero-order valence-electron chi connectivity index (χ0n) is 11.0. The minimum absolute atomic E-state index is 0.0953. The topological polar surface area (TPSA) is 58.7 Å². The van der Waals surface area contributed by atoms with Crippen molar-refractivity contribution in [2.75, 3.05) is 27.7 Å². The predicted octanol–water partition coefficient (Wildman–Crippen LogP) is 1.22. The van der Waals surface area contributed by atoms with Gasteiger partial charge in [-0.3, -0.25) is 0 Å². The van der Waals surface area contributed by atoms with Gasteiger partial charge in [0, 0.05) is 12.1 Å². The number of methoxy groups -OCH3 is 1. The lowest BCUT2D eigenvalue weighted by molar-refractivity contribution is 0.181. The first kappa shape index (κ1) is 13.8. The zero-order chi connectivity index (χ0) is 13.1. The summed E-state index contributed by atoms with van der Waals surface area (Å²) in [6.07, 6.45) is 0.813. The molecule has 0 saturated carbocycles. The van der Waals surface area contributed by atoms with Gasteiger partial charge < -0.3 is 20.5 Å². The first-order valence-corrected chi connectivity index (χ1v) is 5.66. The van der Waals surface area contributed by atoms with Gasteiger partial charge in [0.05, 0.1) is 7.11 Å². The second-order valence-corrected chi connectivity index (χ2v) is 4.78. The number of hydrogen-bond donors (Lipinski definition) is 2. The van der Waals surface area contributed by atoms with Gasteiger partial charge in [0.25, 0.3) is 0 Å². The van der Waals surface area contributed by atoms with E-state index < -0.39 is 0 Å². The fourth-order valence-electron chi connectivity index (χ4n) is 1.68. The Labute approximate surface area is 103 Å². The highest BCUT2D eigenvalue weighted by atomic mass is 16.5. The molecular weight excluding hydrogens is 216 g/mol. The van der Waals surface area contributed by atoms with Crippen molar-refractivity contribution < 1.29 is 9.84 Å². The summed E-state index contributed by atoms with van der Waals surface area (Å²) in [7, 11) is 5.59. The maximum absolute atomic E-state index is 9.54.